The van der Waals surface area contributed by atoms with Crippen molar-refractivity contribution >= 4 is 49.8 Å². The number of anilines is 3. The number of carbonyl (C=O) groups excluding carboxylic acids is 2. The predicted octanol–water partition coefficient (Wildman–Crippen LogP) is 7.40. The SMILES string of the molecule is COc1cc(Cc2cc(Oc3ccc(NC(=O)Nc4cc(C(C)(C)C)cc(NS(C)(=O)=O)c4OC)c4ccccc34)ccn2)cc(C(=O)NCCCN2CCOCC2)c1. The molecule has 4 N–H and O–H groups in total. The molecule has 0 atom stereocenters. The van der Waals surface area contributed by atoms with Crippen molar-refractivity contribution in [2.75, 3.05) is 75.2 Å². The molecule has 5 aromatic rings. The van der Waals surface area contributed by atoms with Gasteiger partial charge in [0.1, 0.15) is 17.2 Å². The van der Waals surface area contributed by atoms with Crippen molar-refractivity contribution in [1.82, 2.24) is 15.2 Å². The molecule has 1 aromatic heterocycles. The summed E-state index contributed by atoms with van der Waals surface area (Å²) in [6, 6.07) is 23.1. The molecule has 0 saturated carbocycles. The number of amides is 3. The number of hydrogen-bond acceptors (Lipinski definition) is 10. The van der Waals surface area contributed by atoms with Gasteiger partial charge in [0.05, 0.1) is 50.8 Å². The van der Waals surface area contributed by atoms with Crippen molar-refractivity contribution in [3.63, 3.8) is 0 Å². The Bertz CT molecular complexity index is 2410. The molecule has 59 heavy (non-hydrogen) atoms. The number of methoxy groups -OCH3 is 2. The molecular formula is C44H52N6O8S. The third-order valence-corrected chi connectivity index (χ3v) is 10.3. The molecule has 15 heteroatoms. The number of ether oxygens (including phenoxy) is 4. The van der Waals surface area contributed by atoms with Crippen LogP contribution in [0.1, 0.15) is 54.4 Å². The van der Waals surface area contributed by atoms with Crippen LogP contribution < -0.4 is 34.9 Å². The first-order chi connectivity index (χ1) is 28.2. The van der Waals surface area contributed by atoms with E-state index in [1.54, 1.807) is 49.7 Å². The zero-order chi connectivity index (χ0) is 42.2. The van der Waals surface area contributed by atoms with E-state index in [1.807, 2.05) is 63.2 Å². The summed E-state index contributed by atoms with van der Waals surface area (Å²) in [5.41, 5.74) is 3.55. The Morgan fingerprint density at radius 1 is 0.847 bits per heavy atom. The predicted molar refractivity (Wildman–Crippen MR) is 231 cm³/mol. The van der Waals surface area contributed by atoms with Gasteiger partial charge in [0.25, 0.3) is 5.91 Å². The van der Waals surface area contributed by atoms with Crippen molar-refractivity contribution < 1.29 is 37.0 Å². The average Bonchev–Trinajstić information content (AvgIpc) is 3.19. The molecule has 4 aromatic carbocycles. The lowest BCUT2D eigenvalue weighted by Gasteiger charge is -2.26. The first kappa shape index (κ1) is 42.7. The zero-order valence-corrected chi connectivity index (χ0v) is 35.1. The highest BCUT2D eigenvalue weighted by atomic mass is 32.2. The minimum Gasteiger partial charge on any atom is -0.497 e. The maximum absolute atomic E-state index is 13.5. The second kappa shape index (κ2) is 18.8. The summed E-state index contributed by atoms with van der Waals surface area (Å²) in [6.45, 7) is 10.8. The number of carbonyl (C=O) groups is 2. The van der Waals surface area contributed by atoms with Gasteiger partial charge in [0.2, 0.25) is 10.0 Å². The van der Waals surface area contributed by atoms with Crippen molar-refractivity contribution in [3.8, 4) is 23.0 Å². The van der Waals surface area contributed by atoms with Gasteiger partial charge in [-0.2, -0.15) is 0 Å². The summed E-state index contributed by atoms with van der Waals surface area (Å²) in [6.07, 6.45) is 4.01. The molecule has 0 unspecified atom stereocenters. The van der Waals surface area contributed by atoms with Crippen molar-refractivity contribution in [1.29, 1.82) is 0 Å². The summed E-state index contributed by atoms with van der Waals surface area (Å²) in [5, 5.41) is 10.3. The lowest BCUT2D eigenvalue weighted by molar-refractivity contribution is 0.0374. The Morgan fingerprint density at radius 3 is 2.29 bits per heavy atom. The van der Waals surface area contributed by atoms with E-state index in [-0.39, 0.29) is 22.8 Å². The fourth-order valence-electron chi connectivity index (χ4n) is 6.79. The number of sulfonamides is 1. The fraction of sp³-hybridized carbons (Fsp3) is 0.341. The molecule has 1 fully saturated rings. The summed E-state index contributed by atoms with van der Waals surface area (Å²) in [5.74, 6) is 1.71. The topological polar surface area (TPSA) is 169 Å². The van der Waals surface area contributed by atoms with Gasteiger partial charge < -0.3 is 34.9 Å². The summed E-state index contributed by atoms with van der Waals surface area (Å²) in [7, 11) is -0.656. The smallest absolute Gasteiger partial charge is 0.323 e. The lowest BCUT2D eigenvalue weighted by Crippen LogP contribution is -2.38. The molecule has 1 saturated heterocycles. The van der Waals surface area contributed by atoms with Crippen LogP contribution in [0, 0.1) is 0 Å². The number of aromatic nitrogens is 1. The van der Waals surface area contributed by atoms with Crippen molar-refractivity contribution in [3.05, 3.63) is 107 Å². The van der Waals surface area contributed by atoms with Gasteiger partial charge in [-0.15, -0.1) is 0 Å². The minimum atomic E-state index is -3.64. The standard InChI is InChI=1S/C44H52N6O8S/c1-44(2,3)31-26-38(41(56-5)39(27-31)49-59(6,53)54)48-43(52)47-37-12-13-40(36-11-8-7-10-35(36)37)58-33-14-16-45-32(28-33)23-29-22-30(25-34(24-29)55-4)42(51)46-15-9-17-50-18-20-57-21-19-50/h7-8,10-14,16,22,24-28,49H,9,15,17-21,23H2,1-6H3,(H,46,51)(H2,47,48,52). The number of pyridine rings is 1. The molecule has 3 amide bonds. The van der Waals surface area contributed by atoms with E-state index < -0.39 is 16.1 Å². The highest BCUT2D eigenvalue weighted by Gasteiger charge is 2.23. The van der Waals surface area contributed by atoms with E-state index in [1.165, 1.54) is 7.11 Å². The van der Waals surface area contributed by atoms with Crippen LogP contribution in [0.5, 0.6) is 23.0 Å². The molecule has 0 bridgehead atoms. The van der Waals surface area contributed by atoms with E-state index in [0.29, 0.717) is 47.2 Å². The third kappa shape index (κ3) is 11.6. The Kier molecular flexibility index (Phi) is 13.6. The van der Waals surface area contributed by atoms with E-state index in [2.05, 4.69) is 30.6 Å². The van der Waals surface area contributed by atoms with Crippen LogP contribution >= 0.6 is 0 Å². The Hall–Kier alpha value is -5.90. The number of fused-ring (bicyclic) bond motifs is 1. The molecule has 1 aliphatic rings. The van der Waals surface area contributed by atoms with Crippen molar-refractivity contribution in [2.45, 2.75) is 39.0 Å². The van der Waals surface area contributed by atoms with E-state index in [9.17, 15) is 18.0 Å². The minimum absolute atomic E-state index is 0.162. The highest BCUT2D eigenvalue weighted by molar-refractivity contribution is 7.92. The Balaban J connectivity index is 1.15. The van der Waals surface area contributed by atoms with Crippen molar-refractivity contribution in [2.24, 2.45) is 0 Å². The quantitative estimate of drug-likeness (QED) is 0.0781. The van der Waals surface area contributed by atoms with Gasteiger partial charge in [-0.25, -0.2) is 13.2 Å². The molecule has 0 aliphatic carbocycles. The monoisotopic (exact) mass is 824 g/mol. The van der Waals surface area contributed by atoms with Crippen LogP contribution in [0.4, 0.5) is 21.9 Å². The van der Waals surface area contributed by atoms with Crippen LogP contribution in [0.3, 0.4) is 0 Å². The number of rotatable bonds is 15. The molecule has 1 aliphatic heterocycles. The number of benzene rings is 4. The maximum Gasteiger partial charge on any atom is 0.323 e. The normalized spacial score (nSPS) is 13.4. The molecule has 312 valence electrons. The highest BCUT2D eigenvalue weighted by Crippen LogP contribution is 2.40. The Morgan fingerprint density at radius 2 is 1.58 bits per heavy atom. The second-order valence-electron chi connectivity index (χ2n) is 15.4. The molecule has 14 nitrogen and oxygen atoms in total. The van der Waals surface area contributed by atoms with Gasteiger partial charge in [-0.1, -0.05) is 45.0 Å². The summed E-state index contributed by atoms with van der Waals surface area (Å²) < 4.78 is 49.8. The van der Waals surface area contributed by atoms with Crippen LogP contribution in [0.25, 0.3) is 10.8 Å². The van der Waals surface area contributed by atoms with Crippen LogP contribution in [0.2, 0.25) is 0 Å². The van der Waals surface area contributed by atoms with E-state index in [4.69, 9.17) is 18.9 Å². The van der Waals surface area contributed by atoms with Gasteiger partial charge in [0.15, 0.2) is 5.75 Å². The largest absolute Gasteiger partial charge is 0.497 e. The lowest BCUT2D eigenvalue weighted by atomic mass is 9.86. The Labute approximate surface area is 345 Å². The third-order valence-electron chi connectivity index (χ3n) is 9.74. The average molecular weight is 825 g/mol. The van der Waals surface area contributed by atoms with Crippen LogP contribution in [0.15, 0.2) is 85.1 Å². The van der Waals surface area contributed by atoms with E-state index >= 15 is 0 Å². The van der Waals surface area contributed by atoms with Gasteiger partial charge in [-0.3, -0.25) is 19.4 Å². The number of hydrogen-bond donors (Lipinski definition) is 4. The summed E-state index contributed by atoms with van der Waals surface area (Å²) >= 11 is 0. The molecule has 0 spiro atoms. The van der Waals surface area contributed by atoms with Gasteiger partial charge >= 0.3 is 6.03 Å². The number of morpholine rings is 1. The molecule has 0 radical (unpaired) electrons. The summed E-state index contributed by atoms with van der Waals surface area (Å²) in [4.78, 5) is 33.6. The molecule has 6 rings (SSSR count). The first-order valence-electron chi connectivity index (χ1n) is 19.4. The first-order valence-corrected chi connectivity index (χ1v) is 21.3. The fourth-order valence-corrected chi connectivity index (χ4v) is 7.34. The number of nitrogens with one attached hydrogen (secondary N) is 4. The molecular weight excluding hydrogens is 773 g/mol. The second-order valence-corrected chi connectivity index (χ2v) is 17.1. The van der Waals surface area contributed by atoms with Crippen LogP contribution in [-0.2, 0) is 26.6 Å². The van der Waals surface area contributed by atoms with Gasteiger partial charge in [-0.05, 0) is 78.0 Å². The van der Waals surface area contributed by atoms with Crippen LogP contribution in [-0.4, -0.2) is 90.1 Å². The molecule has 2 heterocycles. The number of urea groups is 1. The zero-order valence-electron chi connectivity index (χ0n) is 34.3. The van der Waals surface area contributed by atoms with Gasteiger partial charge in [0, 0.05) is 60.3 Å². The number of nitrogens with zero attached hydrogens (tertiary/aromatic N) is 2. The maximum atomic E-state index is 13.5. The van der Waals surface area contributed by atoms with E-state index in [0.717, 1.165) is 73.1 Å².